The van der Waals surface area contributed by atoms with Crippen LogP contribution in [-0.2, 0) is 11.2 Å². The van der Waals surface area contributed by atoms with Crippen LogP contribution in [0.1, 0.15) is 30.1 Å². The molecule has 0 aliphatic carbocycles. The van der Waals surface area contributed by atoms with E-state index in [9.17, 15) is 9.18 Å². The molecule has 2 aromatic heterocycles. The minimum absolute atomic E-state index is 0.0595. The van der Waals surface area contributed by atoms with Crippen molar-refractivity contribution in [3.8, 4) is 11.5 Å². The highest BCUT2D eigenvalue weighted by atomic mass is 19.1. The van der Waals surface area contributed by atoms with Gasteiger partial charge in [0.25, 0.3) is 5.89 Å². The first-order chi connectivity index (χ1) is 13.2. The number of aromatic nitrogens is 3. The highest BCUT2D eigenvalue weighted by Crippen LogP contribution is 2.28. The number of pyridine rings is 1. The van der Waals surface area contributed by atoms with Crippen LogP contribution in [0, 0.1) is 5.82 Å². The molecule has 4 rings (SSSR count). The van der Waals surface area contributed by atoms with Crippen molar-refractivity contribution in [3.63, 3.8) is 0 Å². The molecule has 0 N–H and O–H groups in total. The Labute approximate surface area is 156 Å². The van der Waals surface area contributed by atoms with E-state index < -0.39 is 0 Å². The zero-order valence-electron chi connectivity index (χ0n) is 14.7. The van der Waals surface area contributed by atoms with Crippen molar-refractivity contribution in [3.05, 3.63) is 66.0 Å². The Morgan fingerprint density at radius 3 is 2.67 bits per heavy atom. The number of halogens is 1. The number of hydrogen-bond donors (Lipinski definition) is 0. The minimum atomic E-state index is -0.294. The molecule has 27 heavy (non-hydrogen) atoms. The van der Waals surface area contributed by atoms with Gasteiger partial charge in [0.2, 0.25) is 5.91 Å². The lowest BCUT2D eigenvalue weighted by Gasteiger charge is -2.30. The molecule has 7 heteroatoms. The first kappa shape index (κ1) is 17.3. The van der Waals surface area contributed by atoms with Crippen LogP contribution in [0.5, 0.6) is 0 Å². The molecule has 1 fully saturated rings. The second-order valence-electron chi connectivity index (χ2n) is 6.66. The summed E-state index contributed by atoms with van der Waals surface area (Å²) < 4.78 is 18.3. The minimum Gasteiger partial charge on any atom is -0.342 e. The molecule has 0 unspecified atom stereocenters. The van der Waals surface area contributed by atoms with Crippen molar-refractivity contribution >= 4 is 5.91 Å². The van der Waals surface area contributed by atoms with Crippen LogP contribution in [-0.4, -0.2) is 39.0 Å². The van der Waals surface area contributed by atoms with E-state index in [0.29, 0.717) is 24.8 Å². The van der Waals surface area contributed by atoms with Gasteiger partial charge < -0.3 is 9.42 Å². The number of rotatable bonds is 4. The van der Waals surface area contributed by atoms with Gasteiger partial charge in [-0.15, -0.1) is 0 Å². The van der Waals surface area contributed by atoms with Gasteiger partial charge in [-0.25, -0.2) is 4.39 Å². The summed E-state index contributed by atoms with van der Waals surface area (Å²) in [6.45, 7) is 1.31. The number of hydrogen-bond acceptors (Lipinski definition) is 5. The van der Waals surface area contributed by atoms with Gasteiger partial charge in [0.1, 0.15) is 5.82 Å². The normalized spacial score (nSPS) is 15.1. The second kappa shape index (κ2) is 7.65. The summed E-state index contributed by atoms with van der Waals surface area (Å²) in [7, 11) is 0. The molecule has 1 aromatic carbocycles. The number of carbonyl (C=O) groups is 1. The fraction of sp³-hybridized carbons (Fsp3) is 0.300. The summed E-state index contributed by atoms with van der Waals surface area (Å²) in [5, 5.41) is 4.11. The lowest BCUT2D eigenvalue weighted by Crippen LogP contribution is -2.39. The van der Waals surface area contributed by atoms with E-state index in [1.807, 2.05) is 17.0 Å². The fourth-order valence-electron chi connectivity index (χ4n) is 3.28. The van der Waals surface area contributed by atoms with Gasteiger partial charge in [0, 0.05) is 31.4 Å². The molecule has 3 aromatic rings. The molecular weight excluding hydrogens is 347 g/mol. The third-order valence-corrected chi connectivity index (χ3v) is 4.83. The Bertz CT molecular complexity index is 903. The third kappa shape index (κ3) is 4.02. The lowest BCUT2D eigenvalue weighted by molar-refractivity contribution is -0.131. The standard InChI is InChI=1S/C20H19FN4O2/c21-17-5-3-14(4-6-17)12-18(26)25-10-7-15(8-11-25)19-23-20(27-24-19)16-2-1-9-22-13-16/h1-6,9,13,15H,7-8,10-12H2. The highest BCUT2D eigenvalue weighted by molar-refractivity contribution is 5.78. The summed E-state index contributed by atoms with van der Waals surface area (Å²) in [5.41, 5.74) is 1.62. The van der Waals surface area contributed by atoms with Gasteiger partial charge in [0.05, 0.1) is 12.0 Å². The van der Waals surface area contributed by atoms with E-state index in [1.165, 1.54) is 12.1 Å². The van der Waals surface area contributed by atoms with Crippen molar-refractivity contribution in [1.29, 1.82) is 0 Å². The zero-order valence-corrected chi connectivity index (χ0v) is 14.7. The SMILES string of the molecule is O=C(Cc1ccc(F)cc1)N1CCC(c2noc(-c3cccnc3)n2)CC1. The van der Waals surface area contributed by atoms with Crippen LogP contribution in [0.15, 0.2) is 53.3 Å². The fourth-order valence-corrected chi connectivity index (χ4v) is 3.28. The molecule has 0 radical (unpaired) electrons. The maximum absolute atomic E-state index is 13.0. The van der Waals surface area contributed by atoms with Crippen LogP contribution in [0.2, 0.25) is 0 Å². The Balaban J connectivity index is 1.34. The molecular formula is C20H19FN4O2. The molecule has 0 atom stereocenters. The summed E-state index contributed by atoms with van der Waals surface area (Å²) >= 11 is 0. The third-order valence-electron chi connectivity index (χ3n) is 4.83. The van der Waals surface area contributed by atoms with E-state index in [4.69, 9.17) is 4.52 Å². The number of amides is 1. The molecule has 1 saturated heterocycles. The van der Waals surface area contributed by atoms with Crippen LogP contribution >= 0.6 is 0 Å². The molecule has 1 amide bonds. The molecule has 1 aliphatic rings. The Morgan fingerprint density at radius 2 is 1.96 bits per heavy atom. The van der Waals surface area contributed by atoms with Crippen molar-refractivity contribution in [2.24, 2.45) is 0 Å². The van der Waals surface area contributed by atoms with Gasteiger partial charge in [0.15, 0.2) is 5.82 Å². The first-order valence-corrected chi connectivity index (χ1v) is 8.95. The summed E-state index contributed by atoms with van der Waals surface area (Å²) in [6.07, 6.45) is 5.26. The summed E-state index contributed by atoms with van der Waals surface area (Å²) in [5.74, 6) is 1.09. The molecule has 0 spiro atoms. The first-order valence-electron chi connectivity index (χ1n) is 8.95. The van der Waals surface area contributed by atoms with Crippen LogP contribution in [0.25, 0.3) is 11.5 Å². The number of carbonyl (C=O) groups excluding carboxylic acids is 1. The van der Waals surface area contributed by atoms with Crippen molar-refractivity contribution in [2.45, 2.75) is 25.2 Å². The largest absolute Gasteiger partial charge is 0.342 e. The number of piperidine rings is 1. The number of likely N-dealkylation sites (tertiary alicyclic amines) is 1. The molecule has 6 nitrogen and oxygen atoms in total. The molecule has 0 bridgehead atoms. The Kier molecular flexibility index (Phi) is 4.91. The predicted octanol–water partition coefficient (Wildman–Crippen LogP) is 3.22. The van der Waals surface area contributed by atoms with Gasteiger partial charge in [-0.3, -0.25) is 9.78 Å². The summed E-state index contributed by atoms with van der Waals surface area (Å²) in [4.78, 5) is 22.9. The van der Waals surface area contributed by atoms with Crippen LogP contribution < -0.4 is 0 Å². The summed E-state index contributed by atoms with van der Waals surface area (Å²) in [6, 6.07) is 9.76. The maximum Gasteiger partial charge on any atom is 0.259 e. The molecule has 138 valence electrons. The lowest BCUT2D eigenvalue weighted by atomic mass is 9.95. The van der Waals surface area contributed by atoms with Gasteiger partial charge >= 0.3 is 0 Å². The quantitative estimate of drug-likeness (QED) is 0.709. The van der Waals surface area contributed by atoms with E-state index in [0.717, 1.165) is 24.0 Å². The number of nitrogens with zero attached hydrogens (tertiary/aromatic N) is 4. The average Bonchev–Trinajstić information content (AvgIpc) is 3.21. The Hall–Kier alpha value is -3.09. The predicted molar refractivity (Wildman–Crippen MR) is 96.2 cm³/mol. The van der Waals surface area contributed by atoms with Crippen molar-refractivity contribution in [1.82, 2.24) is 20.0 Å². The highest BCUT2D eigenvalue weighted by Gasteiger charge is 2.27. The maximum atomic E-state index is 13.0. The van der Waals surface area contributed by atoms with Crippen molar-refractivity contribution in [2.75, 3.05) is 13.1 Å². The number of benzene rings is 1. The topological polar surface area (TPSA) is 72.1 Å². The van der Waals surface area contributed by atoms with Gasteiger partial charge in [-0.2, -0.15) is 4.98 Å². The van der Waals surface area contributed by atoms with E-state index in [1.54, 1.807) is 24.5 Å². The average molecular weight is 366 g/mol. The monoisotopic (exact) mass is 366 g/mol. The van der Waals surface area contributed by atoms with E-state index in [2.05, 4.69) is 15.1 Å². The van der Waals surface area contributed by atoms with Crippen molar-refractivity contribution < 1.29 is 13.7 Å². The van der Waals surface area contributed by atoms with E-state index >= 15 is 0 Å². The van der Waals surface area contributed by atoms with Gasteiger partial charge in [-0.05, 0) is 42.7 Å². The molecule has 1 aliphatic heterocycles. The second-order valence-corrected chi connectivity index (χ2v) is 6.66. The Morgan fingerprint density at radius 1 is 1.19 bits per heavy atom. The van der Waals surface area contributed by atoms with Crippen LogP contribution in [0.4, 0.5) is 4.39 Å². The zero-order chi connectivity index (χ0) is 18.6. The molecule has 3 heterocycles. The van der Waals surface area contributed by atoms with Crippen LogP contribution in [0.3, 0.4) is 0 Å². The van der Waals surface area contributed by atoms with Gasteiger partial charge in [-0.1, -0.05) is 17.3 Å². The smallest absolute Gasteiger partial charge is 0.259 e. The molecule has 0 saturated carbocycles. The van der Waals surface area contributed by atoms with E-state index in [-0.39, 0.29) is 24.1 Å².